The second kappa shape index (κ2) is 4.15. The van der Waals surface area contributed by atoms with E-state index in [2.05, 4.69) is 0 Å². The summed E-state index contributed by atoms with van der Waals surface area (Å²) in [6.07, 6.45) is 2.20. The van der Waals surface area contributed by atoms with Gasteiger partial charge < -0.3 is 5.11 Å². The number of likely N-dealkylation sites (N-methyl/N-ethyl adjacent to an activating group) is 1. The minimum absolute atomic E-state index is 0.414. The smallest absolute Gasteiger partial charge is 0.328 e. The van der Waals surface area contributed by atoms with Gasteiger partial charge in [-0.2, -0.15) is 0 Å². The van der Waals surface area contributed by atoms with E-state index in [1.807, 2.05) is 43.1 Å². The van der Waals surface area contributed by atoms with Crippen molar-refractivity contribution in [1.29, 1.82) is 0 Å². The molecule has 0 spiro atoms. The monoisotopic (exact) mass is 233 g/mol. The molecule has 1 aliphatic rings. The van der Waals surface area contributed by atoms with Crippen LogP contribution in [0.3, 0.4) is 0 Å². The Bertz CT molecular complexity index is 422. The van der Waals surface area contributed by atoms with E-state index >= 15 is 0 Å². The first-order valence-corrected chi connectivity index (χ1v) is 5.99. The molecular weight excluding hydrogens is 214 g/mol. The van der Waals surface area contributed by atoms with Crippen molar-refractivity contribution in [3.63, 3.8) is 0 Å². The number of aliphatic carboxylic acids is 1. The van der Waals surface area contributed by atoms with Gasteiger partial charge in [0.15, 0.2) is 0 Å². The number of carbonyl (C=O) groups is 1. The molecule has 1 N–H and O–H groups in total. The van der Waals surface area contributed by atoms with Gasteiger partial charge in [0.2, 0.25) is 0 Å². The third kappa shape index (κ3) is 2.07. The van der Waals surface area contributed by atoms with Crippen LogP contribution in [0, 0.1) is 6.92 Å². The van der Waals surface area contributed by atoms with Crippen LogP contribution in [0.25, 0.3) is 0 Å². The summed E-state index contributed by atoms with van der Waals surface area (Å²) in [5.41, 5.74) is 1.08. The largest absolute Gasteiger partial charge is 0.480 e. The van der Waals surface area contributed by atoms with E-state index in [4.69, 9.17) is 0 Å². The highest BCUT2D eigenvalue weighted by Crippen LogP contribution is 2.37. The van der Waals surface area contributed by atoms with Gasteiger partial charge >= 0.3 is 5.97 Å². The van der Waals surface area contributed by atoms with Crippen LogP contribution < -0.4 is 0 Å². The fourth-order valence-electron chi connectivity index (χ4n) is 2.18. The van der Waals surface area contributed by atoms with Gasteiger partial charge in [-0.3, -0.25) is 4.90 Å². The van der Waals surface area contributed by atoms with E-state index in [0.29, 0.717) is 6.04 Å². The van der Waals surface area contributed by atoms with Crippen molar-refractivity contribution in [1.82, 2.24) is 4.90 Å². The first kappa shape index (κ1) is 12.1. The number of rotatable bonds is 4. The molecule has 0 aliphatic heterocycles. The molecule has 3 nitrogen and oxygen atoms in total. The minimum atomic E-state index is -0.922. The molecule has 0 amide bonds. The maximum Gasteiger partial charge on any atom is 0.328 e. The Morgan fingerprint density at radius 2 is 1.88 bits per heavy atom. The molecular formula is C14H19NO2. The molecule has 0 heterocycles. The van der Waals surface area contributed by atoms with Gasteiger partial charge in [-0.15, -0.1) is 0 Å². The van der Waals surface area contributed by atoms with Gasteiger partial charge in [-0.1, -0.05) is 29.8 Å². The van der Waals surface area contributed by atoms with E-state index in [-0.39, 0.29) is 0 Å². The van der Waals surface area contributed by atoms with E-state index in [1.165, 1.54) is 0 Å². The molecule has 92 valence electrons. The first-order valence-electron chi connectivity index (χ1n) is 5.99. The van der Waals surface area contributed by atoms with Gasteiger partial charge in [-0.25, -0.2) is 4.79 Å². The molecule has 1 fully saturated rings. The third-order valence-electron chi connectivity index (χ3n) is 3.83. The predicted octanol–water partition coefficient (Wildman–Crippen LogP) is 2.39. The van der Waals surface area contributed by atoms with Gasteiger partial charge in [0, 0.05) is 6.04 Å². The quantitative estimate of drug-likeness (QED) is 0.868. The Labute approximate surface area is 102 Å². The number of benzene rings is 1. The highest BCUT2D eigenvalue weighted by Gasteiger charge is 2.45. The van der Waals surface area contributed by atoms with Crippen LogP contribution in [0.1, 0.15) is 30.9 Å². The molecule has 3 heteroatoms. The van der Waals surface area contributed by atoms with Gasteiger partial charge in [0.05, 0.1) is 0 Å². The van der Waals surface area contributed by atoms with Crippen molar-refractivity contribution in [2.75, 3.05) is 7.05 Å². The molecule has 0 aromatic heterocycles. The topological polar surface area (TPSA) is 40.5 Å². The maximum absolute atomic E-state index is 11.6. The molecule has 1 unspecified atom stereocenters. The zero-order valence-electron chi connectivity index (χ0n) is 10.6. The van der Waals surface area contributed by atoms with Crippen molar-refractivity contribution in [2.45, 2.75) is 38.3 Å². The van der Waals surface area contributed by atoms with Crippen LogP contribution in [0.15, 0.2) is 24.3 Å². The lowest BCUT2D eigenvalue weighted by molar-refractivity contribution is -0.150. The lowest BCUT2D eigenvalue weighted by atomic mass is 9.89. The second-order valence-electron chi connectivity index (χ2n) is 5.09. The second-order valence-corrected chi connectivity index (χ2v) is 5.09. The zero-order chi connectivity index (χ0) is 12.6. The minimum Gasteiger partial charge on any atom is -0.480 e. The van der Waals surface area contributed by atoms with Crippen molar-refractivity contribution >= 4 is 5.97 Å². The summed E-state index contributed by atoms with van der Waals surface area (Å²) in [4.78, 5) is 13.6. The summed E-state index contributed by atoms with van der Waals surface area (Å²) in [7, 11) is 1.91. The van der Waals surface area contributed by atoms with E-state index in [0.717, 1.165) is 24.0 Å². The average molecular weight is 233 g/mol. The molecule has 17 heavy (non-hydrogen) atoms. The summed E-state index contributed by atoms with van der Waals surface area (Å²) in [5.74, 6) is -0.782. The molecule has 1 saturated carbocycles. The maximum atomic E-state index is 11.6. The highest BCUT2D eigenvalue weighted by molar-refractivity contribution is 5.80. The van der Waals surface area contributed by atoms with Crippen LogP contribution in [0.5, 0.6) is 0 Å². The highest BCUT2D eigenvalue weighted by atomic mass is 16.4. The van der Waals surface area contributed by atoms with Crippen molar-refractivity contribution in [3.8, 4) is 0 Å². The number of nitrogens with zero attached hydrogens (tertiary/aromatic N) is 1. The molecule has 1 aliphatic carbocycles. The number of carboxylic acid groups (broad SMARTS) is 1. The molecule has 2 rings (SSSR count). The van der Waals surface area contributed by atoms with E-state index < -0.39 is 11.5 Å². The van der Waals surface area contributed by atoms with Crippen LogP contribution >= 0.6 is 0 Å². The molecule has 0 saturated heterocycles. The zero-order valence-corrected chi connectivity index (χ0v) is 10.6. The molecule has 1 aromatic carbocycles. The Kier molecular flexibility index (Phi) is 2.96. The average Bonchev–Trinajstić information content (AvgIpc) is 3.11. The van der Waals surface area contributed by atoms with Crippen LogP contribution in [0.4, 0.5) is 0 Å². The number of aryl methyl sites for hydroxylation is 1. The van der Waals surface area contributed by atoms with E-state index in [9.17, 15) is 9.90 Å². The van der Waals surface area contributed by atoms with Crippen molar-refractivity contribution in [3.05, 3.63) is 35.4 Å². The first-order chi connectivity index (χ1) is 7.96. The standard InChI is InChI=1S/C14H19NO2/c1-10-4-6-11(7-5-10)14(2,13(16)17)15(3)12-8-9-12/h4-7,12H,8-9H2,1-3H3,(H,16,17). The molecule has 0 bridgehead atoms. The lowest BCUT2D eigenvalue weighted by Gasteiger charge is -2.35. The Morgan fingerprint density at radius 3 is 2.29 bits per heavy atom. The van der Waals surface area contributed by atoms with Crippen molar-refractivity contribution < 1.29 is 9.90 Å². The van der Waals surface area contributed by atoms with Crippen LogP contribution in [0.2, 0.25) is 0 Å². The SMILES string of the molecule is Cc1ccc(C(C)(C(=O)O)N(C)C2CC2)cc1. The van der Waals surface area contributed by atoms with Gasteiger partial charge in [0.1, 0.15) is 5.54 Å². The molecule has 1 aromatic rings. The molecule has 1 atom stereocenters. The third-order valence-corrected chi connectivity index (χ3v) is 3.83. The Balaban J connectivity index is 2.39. The summed E-state index contributed by atoms with van der Waals surface area (Å²) in [5, 5.41) is 9.56. The normalized spacial score (nSPS) is 19.1. The van der Waals surface area contributed by atoms with Crippen molar-refractivity contribution in [2.24, 2.45) is 0 Å². The number of carboxylic acids is 1. The lowest BCUT2D eigenvalue weighted by Crippen LogP contribution is -2.48. The predicted molar refractivity (Wildman–Crippen MR) is 67.0 cm³/mol. The van der Waals surface area contributed by atoms with Gasteiger partial charge in [-0.05, 0) is 39.3 Å². The van der Waals surface area contributed by atoms with Crippen LogP contribution in [-0.2, 0) is 10.3 Å². The summed E-state index contributed by atoms with van der Waals surface area (Å²) >= 11 is 0. The summed E-state index contributed by atoms with van der Waals surface area (Å²) in [6.45, 7) is 3.80. The van der Waals surface area contributed by atoms with Gasteiger partial charge in [0.25, 0.3) is 0 Å². The van der Waals surface area contributed by atoms with E-state index in [1.54, 1.807) is 6.92 Å². The Hall–Kier alpha value is -1.35. The summed E-state index contributed by atoms with van der Waals surface area (Å²) < 4.78 is 0. The number of hydrogen-bond acceptors (Lipinski definition) is 2. The molecule has 0 radical (unpaired) electrons. The fraction of sp³-hybridized carbons (Fsp3) is 0.500. The summed E-state index contributed by atoms with van der Waals surface area (Å²) in [6, 6.07) is 8.19. The number of hydrogen-bond donors (Lipinski definition) is 1. The fourth-order valence-corrected chi connectivity index (χ4v) is 2.18. The van der Waals surface area contributed by atoms with Crippen LogP contribution in [-0.4, -0.2) is 29.1 Å². The Morgan fingerprint density at radius 1 is 1.35 bits per heavy atom.